The number of hydrogen-bond acceptors (Lipinski definition) is 3. The van der Waals surface area contributed by atoms with Crippen molar-refractivity contribution >= 4 is 0 Å². The van der Waals surface area contributed by atoms with Crippen molar-refractivity contribution in [3.8, 4) is 6.07 Å². The molecule has 3 heteroatoms. The molecule has 0 N–H and O–H groups in total. The van der Waals surface area contributed by atoms with E-state index in [2.05, 4.69) is 26.0 Å². The molecule has 0 bridgehead atoms. The Morgan fingerprint density at radius 2 is 1.93 bits per heavy atom. The third kappa shape index (κ3) is 3.22. The van der Waals surface area contributed by atoms with Crippen LogP contribution in [-0.2, 0) is 9.47 Å². The minimum atomic E-state index is 0.0364. The van der Waals surface area contributed by atoms with E-state index < -0.39 is 0 Å². The van der Waals surface area contributed by atoms with Gasteiger partial charge in [0.15, 0.2) is 6.29 Å². The van der Waals surface area contributed by atoms with Crippen LogP contribution in [0.5, 0.6) is 0 Å². The summed E-state index contributed by atoms with van der Waals surface area (Å²) < 4.78 is 12.2. The minimum absolute atomic E-state index is 0.0364. The third-order valence-corrected chi connectivity index (χ3v) is 9.63. The lowest BCUT2D eigenvalue weighted by Gasteiger charge is -2.57. The fraction of sp³-hybridized carbons (Fsp3) is 0.808. The zero-order chi connectivity index (χ0) is 20.1. The van der Waals surface area contributed by atoms with E-state index in [1.807, 2.05) is 6.08 Å². The van der Waals surface area contributed by atoms with Crippen LogP contribution < -0.4 is 0 Å². The standard InChI is InChI=1S/C26H37NO2/c1-25-14-11-23-21(22(25)9-7-18(25)12-15-27)8-6-19-17-20(10-13-26(19,23)2)29-24-5-3-4-16-28-24/h6,12,20-24H,3-5,7-11,13-14,16-17H2,1-2H3/b18-12+. The SMILES string of the molecule is CC12CCC(OC3CCCCO3)CC1=CCC1C2CCC2(C)/C(=C/C#N)CCC12. The van der Waals surface area contributed by atoms with Gasteiger partial charge in [0.05, 0.1) is 12.2 Å². The van der Waals surface area contributed by atoms with Gasteiger partial charge in [0.25, 0.3) is 0 Å². The first kappa shape index (κ1) is 19.8. The maximum Gasteiger partial charge on any atom is 0.157 e. The van der Waals surface area contributed by atoms with Gasteiger partial charge in [-0.05, 0) is 99.2 Å². The molecule has 1 saturated heterocycles. The zero-order valence-corrected chi connectivity index (χ0v) is 18.3. The lowest BCUT2D eigenvalue weighted by Crippen LogP contribution is -2.50. The second kappa shape index (κ2) is 7.54. The summed E-state index contributed by atoms with van der Waals surface area (Å²) in [6, 6.07) is 2.33. The Kier molecular flexibility index (Phi) is 5.16. The average molecular weight is 396 g/mol. The van der Waals surface area contributed by atoms with Gasteiger partial charge in [0.2, 0.25) is 0 Å². The molecule has 3 nitrogen and oxygen atoms in total. The number of allylic oxidation sites excluding steroid dienone is 3. The average Bonchev–Trinajstić information content (AvgIpc) is 3.06. The fourth-order valence-corrected chi connectivity index (χ4v) is 7.94. The largest absolute Gasteiger partial charge is 0.353 e. The van der Waals surface area contributed by atoms with Gasteiger partial charge in [-0.2, -0.15) is 5.26 Å². The molecule has 7 unspecified atom stereocenters. The number of fused-ring (bicyclic) bond motifs is 5. The highest BCUT2D eigenvalue weighted by atomic mass is 16.7. The number of nitrogens with zero attached hydrogens (tertiary/aromatic N) is 1. The minimum Gasteiger partial charge on any atom is -0.353 e. The monoisotopic (exact) mass is 395 g/mol. The second-order valence-corrected chi connectivity index (χ2v) is 10.8. The van der Waals surface area contributed by atoms with Gasteiger partial charge in [0.1, 0.15) is 0 Å². The summed E-state index contributed by atoms with van der Waals surface area (Å²) >= 11 is 0. The molecule has 0 aromatic carbocycles. The Labute approximate surface area is 176 Å². The molecule has 1 aliphatic heterocycles. The van der Waals surface area contributed by atoms with Crippen LogP contribution in [-0.4, -0.2) is 19.0 Å². The molecule has 0 amide bonds. The van der Waals surface area contributed by atoms with E-state index in [1.165, 1.54) is 56.9 Å². The van der Waals surface area contributed by atoms with Crippen LogP contribution in [0.2, 0.25) is 0 Å². The Morgan fingerprint density at radius 1 is 1.10 bits per heavy atom. The first-order valence-corrected chi connectivity index (χ1v) is 12.1. The predicted octanol–water partition coefficient (Wildman–Crippen LogP) is 6.31. The number of nitriles is 1. The Hall–Kier alpha value is -1.11. The lowest BCUT2D eigenvalue weighted by atomic mass is 9.48. The van der Waals surface area contributed by atoms with Crippen molar-refractivity contribution in [1.29, 1.82) is 5.26 Å². The van der Waals surface area contributed by atoms with Gasteiger partial charge in [-0.15, -0.1) is 0 Å². The van der Waals surface area contributed by atoms with E-state index in [9.17, 15) is 5.26 Å². The normalized spacial score (nSPS) is 48.2. The van der Waals surface area contributed by atoms with Gasteiger partial charge in [-0.1, -0.05) is 31.1 Å². The van der Waals surface area contributed by atoms with Gasteiger partial charge in [0, 0.05) is 12.7 Å². The molecule has 0 spiro atoms. The maximum atomic E-state index is 9.24. The van der Waals surface area contributed by atoms with Crippen molar-refractivity contribution < 1.29 is 9.47 Å². The summed E-state index contributed by atoms with van der Waals surface area (Å²) in [6.07, 6.45) is 18.2. The van der Waals surface area contributed by atoms with Crippen LogP contribution in [0.1, 0.15) is 84.5 Å². The molecule has 4 fully saturated rings. The number of hydrogen-bond donors (Lipinski definition) is 0. The van der Waals surface area contributed by atoms with E-state index in [1.54, 1.807) is 5.57 Å². The van der Waals surface area contributed by atoms with Crippen molar-refractivity contribution in [2.24, 2.45) is 28.6 Å². The molecule has 7 atom stereocenters. The molecule has 5 rings (SSSR count). The van der Waals surface area contributed by atoms with Crippen molar-refractivity contribution in [2.45, 2.75) is 96.9 Å². The van der Waals surface area contributed by atoms with E-state index in [-0.39, 0.29) is 11.7 Å². The van der Waals surface area contributed by atoms with Gasteiger partial charge < -0.3 is 9.47 Å². The van der Waals surface area contributed by atoms with Crippen LogP contribution >= 0.6 is 0 Å². The highest BCUT2D eigenvalue weighted by Gasteiger charge is 2.57. The highest BCUT2D eigenvalue weighted by Crippen LogP contribution is 2.66. The van der Waals surface area contributed by atoms with Crippen LogP contribution in [0.3, 0.4) is 0 Å². The summed E-state index contributed by atoms with van der Waals surface area (Å²) in [5.41, 5.74) is 3.75. The summed E-state index contributed by atoms with van der Waals surface area (Å²) in [5, 5.41) is 9.24. The second-order valence-electron chi connectivity index (χ2n) is 10.8. The van der Waals surface area contributed by atoms with E-state index in [0.29, 0.717) is 11.5 Å². The van der Waals surface area contributed by atoms with Crippen molar-refractivity contribution in [1.82, 2.24) is 0 Å². The molecule has 3 saturated carbocycles. The number of ether oxygens (including phenoxy) is 2. The topological polar surface area (TPSA) is 42.2 Å². The fourth-order valence-electron chi connectivity index (χ4n) is 7.94. The quantitative estimate of drug-likeness (QED) is 0.406. The Morgan fingerprint density at radius 3 is 2.72 bits per heavy atom. The molecular formula is C26H37NO2. The van der Waals surface area contributed by atoms with Crippen LogP contribution in [0, 0.1) is 39.9 Å². The molecule has 158 valence electrons. The third-order valence-electron chi connectivity index (χ3n) is 9.63. The van der Waals surface area contributed by atoms with Crippen molar-refractivity contribution in [3.63, 3.8) is 0 Å². The summed E-state index contributed by atoms with van der Waals surface area (Å²) in [5.74, 6) is 2.38. The van der Waals surface area contributed by atoms with E-state index in [4.69, 9.17) is 9.47 Å². The van der Waals surface area contributed by atoms with Crippen LogP contribution in [0.4, 0.5) is 0 Å². The van der Waals surface area contributed by atoms with Crippen molar-refractivity contribution in [2.75, 3.05) is 6.61 Å². The Balaban J connectivity index is 1.33. The van der Waals surface area contributed by atoms with Gasteiger partial charge in [-0.25, -0.2) is 0 Å². The summed E-state index contributed by atoms with van der Waals surface area (Å²) in [7, 11) is 0. The zero-order valence-electron chi connectivity index (χ0n) is 18.3. The molecule has 0 aromatic heterocycles. The molecule has 4 aliphatic carbocycles. The van der Waals surface area contributed by atoms with Crippen LogP contribution in [0.25, 0.3) is 0 Å². The molecule has 29 heavy (non-hydrogen) atoms. The van der Waals surface area contributed by atoms with Gasteiger partial charge >= 0.3 is 0 Å². The maximum absolute atomic E-state index is 9.24. The molecule has 0 radical (unpaired) electrons. The Bertz CT molecular complexity index is 742. The molecular weight excluding hydrogens is 358 g/mol. The highest BCUT2D eigenvalue weighted by molar-refractivity contribution is 5.31. The smallest absolute Gasteiger partial charge is 0.157 e. The first-order valence-electron chi connectivity index (χ1n) is 12.1. The van der Waals surface area contributed by atoms with Gasteiger partial charge in [-0.3, -0.25) is 0 Å². The summed E-state index contributed by atoms with van der Waals surface area (Å²) in [6.45, 7) is 5.89. The van der Waals surface area contributed by atoms with Crippen LogP contribution in [0.15, 0.2) is 23.3 Å². The molecule has 1 heterocycles. The molecule has 5 aliphatic rings. The predicted molar refractivity (Wildman–Crippen MR) is 114 cm³/mol. The summed E-state index contributed by atoms with van der Waals surface area (Å²) in [4.78, 5) is 0. The number of rotatable bonds is 2. The lowest BCUT2D eigenvalue weighted by molar-refractivity contribution is -0.195. The van der Waals surface area contributed by atoms with E-state index >= 15 is 0 Å². The van der Waals surface area contributed by atoms with Crippen molar-refractivity contribution in [3.05, 3.63) is 23.3 Å². The molecule has 0 aromatic rings. The first-order chi connectivity index (χ1) is 14.0. The van der Waals surface area contributed by atoms with E-state index in [0.717, 1.165) is 43.6 Å².